The third kappa shape index (κ3) is 4.70. The summed E-state index contributed by atoms with van der Waals surface area (Å²) in [5.74, 6) is -0.794. The molecule has 1 N–H and O–H groups in total. The molecule has 0 aromatic heterocycles. The van der Waals surface area contributed by atoms with Gasteiger partial charge in [-0.2, -0.15) is 0 Å². The average Bonchev–Trinajstić information content (AvgIpc) is 2.08. The molecule has 0 aromatic rings. The lowest BCUT2D eigenvalue weighted by Gasteiger charge is -2.37. The summed E-state index contributed by atoms with van der Waals surface area (Å²) in [5, 5.41) is 10.5. The number of carboxylic acids is 1. The van der Waals surface area contributed by atoms with Gasteiger partial charge in [-0.3, -0.25) is 0 Å². The SMILES string of the molecule is CCC(C(=O)O)=C(C(C)(C)C)[Si](C)(C)O[SiH](C)C. The molecule has 0 fully saturated rings. The molecule has 106 valence electrons. The highest BCUT2D eigenvalue weighted by atomic mass is 28.4. The highest BCUT2D eigenvalue weighted by Crippen LogP contribution is 2.37. The number of carboxylic acid groups (broad SMARTS) is 1. The van der Waals surface area contributed by atoms with E-state index in [2.05, 4.69) is 47.0 Å². The Kier molecular flexibility index (Phi) is 6.03. The molecule has 0 saturated heterocycles. The first-order valence-corrected chi connectivity index (χ1v) is 12.3. The van der Waals surface area contributed by atoms with E-state index in [1.165, 1.54) is 0 Å². The summed E-state index contributed by atoms with van der Waals surface area (Å²) in [7, 11) is -3.29. The molecule has 0 aromatic carbocycles. The summed E-state index contributed by atoms with van der Waals surface area (Å²) >= 11 is 0. The quantitative estimate of drug-likeness (QED) is 0.621. The minimum Gasteiger partial charge on any atom is -0.478 e. The summed E-state index contributed by atoms with van der Waals surface area (Å²) in [6, 6.07) is 0. The summed E-state index contributed by atoms with van der Waals surface area (Å²) in [6.45, 7) is 16.7. The van der Waals surface area contributed by atoms with Crippen LogP contribution in [0.4, 0.5) is 0 Å². The van der Waals surface area contributed by atoms with Crippen molar-refractivity contribution in [3.05, 3.63) is 10.8 Å². The van der Waals surface area contributed by atoms with Crippen LogP contribution in [0.5, 0.6) is 0 Å². The van der Waals surface area contributed by atoms with Gasteiger partial charge in [-0.25, -0.2) is 4.79 Å². The Labute approximate surface area is 114 Å². The monoisotopic (exact) mass is 288 g/mol. The van der Waals surface area contributed by atoms with Crippen molar-refractivity contribution in [1.82, 2.24) is 0 Å². The number of carbonyl (C=O) groups is 1. The van der Waals surface area contributed by atoms with Crippen molar-refractivity contribution < 1.29 is 14.0 Å². The minimum atomic E-state index is -2.12. The van der Waals surface area contributed by atoms with E-state index in [0.717, 1.165) is 5.20 Å². The fourth-order valence-corrected chi connectivity index (χ4v) is 10.8. The standard InChI is InChI=1S/C13H28O3Si2/c1-9-10(12(14)15)11(13(2,3)4)18(7,8)16-17(5)6/h17H,9H2,1-8H3,(H,14,15). The van der Waals surface area contributed by atoms with E-state index >= 15 is 0 Å². The maximum atomic E-state index is 11.5. The fraction of sp³-hybridized carbons (Fsp3) is 0.769. The van der Waals surface area contributed by atoms with Crippen LogP contribution in [-0.2, 0) is 8.91 Å². The third-order valence-corrected chi connectivity index (χ3v) is 9.29. The highest BCUT2D eigenvalue weighted by molar-refractivity contribution is 6.84. The van der Waals surface area contributed by atoms with Gasteiger partial charge in [0, 0.05) is 5.57 Å². The van der Waals surface area contributed by atoms with Crippen LogP contribution in [-0.4, -0.2) is 28.4 Å². The van der Waals surface area contributed by atoms with Crippen molar-refractivity contribution in [2.45, 2.75) is 60.3 Å². The van der Waals surface area contributed by atoms with E-state index in [9.17, 15) is 9.90 Å². The van der Waals surface area contributed by atoms with Gasteiger partial charge < -0.3 is 9.22 Å². The van der Waals surface area contributed by atoms with Crippen LogP contribution < -0.4 is 0 Å². The predicted molar refractivity (Wildman–Crippen MR) is 81.9 cm³/mol. The molecule has 5 heteroatoms. The van der Waals surface area contributed by atoms with Gasteiger partial charge in [-0.15, -0.1) is 0 Å². The van der Waals surface area contributed by atoms with Crippen molar-refractivity contribution in [2.24, 2.45) is 5.41 Å². The lowest BCUT2D eigenvalue weighted by atomic mass is 9.92. The van der Waals surface area contributed by atoms with Crippen LogP contribution >= 0.6 is 0 Å². The average molecular weight is 289 g/mol. The lowest BCUT2D eigenvalue weighted by Crippen LogP contribution is -2.44. The number of aliphatic carboxylic acids is 1. The second kappa shape index (κ2) is 6.17. The first-order valence-electron chi connectivity index (χ1n) is 6.58. The van der Waals surface area contributed by atoms with Crippen LogP contribution in [0.25, 0.3) is 0 Å². The number of rotatable bonds is 5. The van der Waals surface area contributed by atoms with E-state index < -0.39 is 23.3 Å². The van der Waals surface area contributed by atoms with Gasteiger partial charge in [-0.05, 0) is 43.2 Å². The molecule has 0 amide bonds. The first kappa shape index (κ1) is 17.6. The van der Waals surface area contributed by atoms with E-state index in [1.807, 2.05) is 6.92 Å². The molecule has 0 aliphatic heterocycles. The molecule has 0 bridgehead atoms. The molecule has 3 nitrogen and oxygen atoms in total. The second-order valence-electron chi connectivity index (χ2n) is 6.44. The Balaban J connectivity index is 5.87. The molecule has 0 rings (SSSR count). The first-order chi connectivity index (χ1) is 7.93. The fourth-order valence-electron chi connectivity index (χ4n) is 2.80. The van der Waals surface area contributed by atoms with Gasteiger partial charge in [0.2, 0.25) is 8.32 Å². The predicted octanol–water partition coefficient (Wildman–Crippen LogP) is 3.57. The molecule has 0 saturated carbocycles. The summed E-state index contributed by atoms with van der Waals surface area (Å²) in [5.41, 5.74) is 0.400. The largest absolute Gasteiger partial charge is 0.478 e. The highest BCUT2D eigenvalue weighted by Gasteiger charge is 2.39. The van der Waals surface area contributed by atoms with Crippen LogP contribution in [0.15, 0.2) is 10.8 Å². The molecule has 0 radical (unpaired) electrons. The minimum absolute atomic E-state index is 0.150. The summed E-state index contributed by atoms with van der Waals surface area (Å²) in [4.78, 5) is 11.5. The number of hydrogen-bond acceptors (Lipinski definition) is 2. The number of allylic oxidation sites excluding steroid dienone is 1. The number of hydrogen-bond donors (Lipinski definition) is 1. The van der Waals surface area contributed by atoms with Crippen molar-refractivity contribution in [3.8, 4) is 0 Å². The van der Waals surface area contributed by atoms with Gasteiger partial charge in [0.15, 0.2) is 9.04 Å². The molecule has 0 spiro atoms. The second-order valence-corrected chi connectivity index (χ2v) is 13.0. The molecule has 0 heterocycles. The van der Waals surface area contributed by atoms with Crippen molar-refractivity contribution in [3.63, 3.8) is 0 Å². The zero-order valence-corrected chi connectivity index (χ0v) is 15.2. The summed E-state index contributed by atoms with van der Waals surface area (Å²) in [6.07, 6.45) is 0.557. The van der Waals surface area contributed by atoms with Crippen molar-refractivity contribution >= 4 is 23.3 Å². The normalized spacial score (nSPS) is 14.7. The van der Waals surface area contributed by atoms with E-state index in [-0.39, 0.29) is 5.41 Å². The Morgan fingerprint density at radius 3 is 1.94 bits per heavy atom. The molecule has 0 atom stereocenters. The maximum absolute atomic E-state index is 11.5. The Morgan fingerprint density at radius 2 is 1.72 bits per heavy atom. The Morgan fingerprint density at radius 1 is 1.28 bits per heavy atom. The zero-order chi connectivity index (χ0) is 14.7. The van der Waals surface area contributed by atoms with Gasteiger partial charge >= 0.3 is 5.97 Å². The van der Waals surface area contributed by atoms with E-state index in [0.29, 0.717) is 12.0 Å². The Bertz CT molecular complexity index is 339. The maximum Gasteiger partial charge on any atom is 0.331 e. The zero-order valence-electron chi connectivity index (χ0n) is 13.0. The van der Waals surface area contributed by atoms with Crippen molar-refractivity contribution in [1.29, 1.82) is 0 Å². The smallest absolute Gasteiger partial charge is 0.331 e. The van der Waals surface area contributed by atoms with Gasteiger partial charge in [0.05, 0.1) is 0 Å². The van der Waals surface area contributed by atoms with Gasteiger partial charge in [0.1, 0.15) is 0 Å². The van der Waals surface area contributed by atoms with Gasteiger partial charge in [-0.1, -0.05) is 27.7 Å². The van der Waals surface area contributed by atoms with E-state index in [4.69, 9.17) is 4.12 Å². The molecule has 0 aliphatic rings. The van der Waals surface area contributed by atoms with Crippen molar-refractivity contribution in [2.75, 3.05) is 0 Å². The van der Waals surface area contributed by atoms with Crippen LogP contribution in [0.3, 0.4) is 0 Å². The molecule has 0 aliphatic carbocycles. The van der Waals surface area contributed by atoms with Gasteiger partial charge in [0.25, 0.3) is 0 Å². The molecule has 18 heavy (non-hydrogen) atoms. The molecular formula is C13H28O3Si2. The topological polar surface area (TPSA) is 46.5 Å². The third-order valence-electron chi connectivity index (χ3n) is 2.80. The molecular weight excluding hydrogens is 260 g/mol. The Hall–Kier alpha value is -0.396. The van der Waals surface area contributed by atoms with Crippen LogP contribution in [0.2, 0.25) is 26.2 Å². The lowest BCUT2D eigenvalue weighted by molar-refractivity contribution is -0.132. The van der Waals surface area contributed by atoms with E-state index in [1.54, 1.807) is 0 Å². The van der Waals surface area contributed by atoms with Crippen LogP contribution in [0.1, 0.15) is 34.1 Å². The molecule has 0 unspecified atom stereocenters. The van der Waals surface area contributed by atoms with Crippen LogP contribution in [0, 0.1) is 5.41 Å². The summed E-state index contributed by atoms with van der Waals surface area (Å²) < 4.78 is 6.22.